The van der Waals surface area contributed by atoms with E-state index in [0.717, 1.165) is 44.7 Å². The van der Waals surface area contributed by atoms with Gasteiger partial charge in [0.25, 0.3) is 0 Å². The van der Waals surface area contributed by atoms with Crippen LogP contribution in [0.1, 0.15) is 25.0 Å². The van der Waals surface area contributed by atoms with E-state index >= 15 is 0 Å². The lowest BCUT2D eigenvalue weighted by molar-refractivity contribution is 0.486. The maximum Gasteiger partial charge on any atom is 0.235 e. The Morgan fingerprint density at radius 2 is 1.23 bits per heavy atom. The Kier molecular flexibility index (Phi) is 4.63. The number of para-hydroxylation sites is 2. The predicted molar refractivity (Wildman–Crippen MR) is 192 cm³/mol. The fourth-order valence-corrected chi connectivity index (χ4v) is 8.55. The van der Waals surface area contributed by atoms with E-state index in [1.807, 2.05) is 30.3 Å². The van der Waals surface area contributed by atoms with Crippen molar-refractivity contribution in [2.75, 3.05) is 0 Å². The molecule has 0 unspecified atom stereocenters. The van der Waals surface area contributed by atoms with Gasteiger partial charge < -0.3 is 4.74 Å². The SMILES string of the molecule is CC1(C)c2cc3c(cc2-c2c1c1ccccc1c1ccccc21)c1ccccc1n3-c1nc2c3c(cccc3n1)Oc1ccccc1-2. The molecular formula is C43H27N3O. The highest BCUT2D eigenvalue weighted by Crippen LogP contribution is 2.56. The topological polar surface area (TPSA) is 39.9 Å². The highest BCUT2D eigenvalue weighted by molar-refractivity contribution is 6.20. The molecule has 1 aliphatic carbocycles. The summed E-state index contributed by atoms with van der Waals surface area (Å²) >= 11 is 0. The van der Waals surface area contributed by atoms with E-state index < -0.39 is 0 Å². The second-order valence-corrected chi connectivity index (χ2v) is 13.4. The number of ether oxygens (including phenoxy) is 1. The molecule has 0 atom stereocenters. The minimum atomic E-state index is -0.217. The van der Waals surface area contributed by atoms with Crippen LogP contribution >= 0.6 is 0 Å². The fraction of sp³-hybridized carbons (Fsp3) is 0.0698. The molecule has 0 spiro atoms. The quantitative estimate of drug-likeness (QED) is 0.176. The smallest absolute Gasteiger partial charge is 0.235 e. The molecule has 0 fully saturated rings. The second-order valence-electron chi connectivity index (χ2n) is 13.4. The second kappa shape index (κ2) is 8.62. The van der Waals surface area contributed by atoms with Gasteiger partial charge >= 0.3 is 0 Å². The minimum Gasteiger partial charge on any atom is -0.456 e. The summed E-state index contributed by atoms with van der Waals surface area (Å²) in [4.78, 5) is 10.6. The zero-order valence-corrected chi connectivity index (χ0v) is 25.9. The molecule has 47 heavy (non-hydrogen) atoms. The third-order valence-electron chi connectivity index (χ3n) is 10.5. The van der Waals surface area contributed by atoms with Crippen molar-refractivity contribution in [1.82, 2.24) is 14.5 Å². The average Bonchev–Trinajstić information content (AvgIpc) is 3.56. The molecular weight excluding hydrogens is 574 g/mol. The third-order valence-corrected chi connectivity index (χ3v) is 10.5. The first-order chi connectivity index (χ1) is 23.1. The van der Waals surface area contributed by atoms with Crippen molar-refractivity contribution in [2.24, 2.45) is 0 Å². The highest BCUT2D eigenvalue weighted by Gasteiger charge is 2.39. The third kappa shape index (κ3) is 3.12. The van der Waals surface area contributed by atoms with E-state index in [1.165, 1.54) is 54.6 Å². The summed E-state index contributed by atoms with van der Waals surface area (Å²) in [6.07, 6.45) is 0. The lowest BCUT2D eigenvalue weighted by Crippen LogP contribution is -2.16. The predicted octanol–water partition coefficient (Wildman–Crippen LogP) is 11.1. The van der Waals surface area contributed by atoms with E-state index in [4.69, 9.17) is 14.7 Å². The summed E-state index contributed by atoms with van der Waals surface area (Å²) in [6, 6.07) is 45.5. The number of nitrogens with zero attached hydrogens (tertiary/aromatic N) is 3. The van der Waals surface area contributed by atoms with Gasteiger partial charge in [-0.3, -0.25) is 4.57 Å². The van der Waals surface area contributed by atoms with Crippen LogP contribution in [0.4, 0.5) is 0 Å². The molecule has 2 aromatic heterocycles. The summed E-state index contributed by atoms with van der Waals surface area (Å²) in [6.45, 7) is 4.76. The molecule has 0 amide bonds. The lowest BCUT2D eigenvalue weighted by Gasteiger charge is -2.24. The number of aromatic nitrogens is 3. The van der Waals surface area contributed by atoms with Gasteiger partial charge in [-0.25, -0.2) is 9.97 Å². The molecule has 0 N–H and O–H groups in total. The minimum absolute atomic E-state index is 0.217. The number of hydrogen-bond donors (Lipinski definition) is 0. The van der Waals surface area contributed by atoms with Gasteiger partial charge in [0.2, 0.25) is 5.95 Å². The molecule has 1 aliphatic heterocycles. The number of hydrogen-bond acceptors (Lipinski definition) is 3. The van der Waals surface area contributed by atoms with E-state index in [0.29, 0.717) is 5.95 Å². The van der Waals surface area contributed by atoms with Crippen molar-refractivity contribution in [2.45, 2.75) is 19.3 Å². The molecule has 9 aromatic rings. The van der Waals surface area contributed by atoms with Gasteiger partial charge in [-0.15, -0.1) is 0 Å². The van der Waals surface area contributed by atoms with Gasteiger partial charge in [0.05, 0.1) is 27.6 Å². The summed E-state index contributed by atoms with van der Waals surface area (Å²) in [5, 5.41) is 8.59. The van der Waals surface area contributed by atoms with Crippen LogP contribution in [-0.2, 0) is 5.41 Å². The van der Waals surface area contributed by atoms with E-state index in [9.17, 15) is 0 Å². The molecule has 2 aliphatic rings. The van der Waals surface area contributed by atoms with Crippen molar-refractivity contribution in [3.63, 3.8) is 0 Å². The molecule has 0 saturated heterocycles. The Hall–Kier alpha value is -6.00. The zero-order valence-electron chi connectivity index (χ0n) is 25.9. The largest absolute Gasteiger partial charge is 0.456 e. The summed E-state index contributed by atoms with van der Waals surface area (Å²) in [7, 11) is 0. The number of fused-ring (bicyclic) bond motifs is 13. The maximum atomic E-state index is 6.30. The van der Waals surface area contributed by atoms with Gasteiger partial charge in [-0.2, -0.15) is 0 Å². The zero-order chi connectivity index (χ0) is 31.0. The average molecular weight is 602 g/mol. The van der Waals surface area contributed by atoms with Gasteiger partial charge in [0, 0.05) is 21.8 Å². The molecule has 7 aromatic carbocycles. The van der Waals surface area contributed by atoms with Crippen molar-refractivity contribution in [1.29, 1.82) is 0 Å². The Labute approximate surface area is 270 Å². The van der Waals surface area contributed by atoms with Crippen LogP contribution < -0.4 is 4.74 Å². The standard InChI is InChI=1S/C43H27N3O/c1-43(2)32-23-35-30(22-31(32)38-27-15-5-3-12-24(27)25-13-4-6-16-28(25)40(38)43)26-14-7-9-19-34(26)46(35)42-44-33-18-11-21-37-39(33)41(45-42)29-17-8-10-20-36(29)47-37/h3-23H,1-2H3. The molecule has 11 rings (SSSR count). The first-order valence-electron chi connectivity index (χ1n) is 16.2. The molecule has 0 radical (unpaired) electrons. The number of rotatable bonds is 1. The Morgan fingerprint density at radius 3 is 2.09 bits per heavy atom. The van der Waals surface area contributed by atoms with Crippen molar-refractivity contribution >= 4 is 54.3 Å². The van der Waals surface area contributed by atoms with Crippen LogP contribution in [-0.4, -0.2) is 14.5 Å². The summed E-state index contributed by atoms with van der Waals surface area (Å²) in [5.74, 6) is 2.27. The van der Waals surface area contributed by atoms with Crippen molar-refractivity contribution in [3.05, 3.63) is 139 Å². The first-order valence-corrected chi connectivity index (χ1v) is 16.2. The van der Waals surface area contributed by atoms with Crippen LogP contribution in [0.5, 0.6) is 11.5 Å². The fourth-order valence-electron chi connectivity index (χ4n) is 8.55. The van der Waals surface area contributed by atoms with E-state index in [-0.39, 0.29) is 5.41 Å². The van der Waals surface area contributed by atoms with E-state index in [2.05, 4.69) is 115 Å². The first kappa shape index (κ1) is 25.2. The molecule has 220 valence electrons. The van der Waals surface area contributed by atoms with E-state index in [1.54, 1.807) is 0 Å². The Morgan fingerprint density at radius 1 is 0.553 bits per heavy atom. The Bertz CT molecular complexity index is 2860. The van der Waals surface area contributed by atoms with Gasteiger partial charge in [0.1, 0.15) is 11.5 Å². The van der Waals surface area contributed by atoms with Crippen LogP contribution in [0.25, 0.3) is 82.6 Å². The van der Waals surface area contributed by atoms with Crippen molar-refractivity contribution < 1.29 is 4.74 Å². The lowest BCUT2D eigenvalue weighted by atomic mass is 9.79. The summed E-state index contributed by atoms with van der Waals surface area (Å²) < 4.78 is 8.56. The monoisotopic (exact) mass is 601 g/mol. The van der Waals surface area contributed by atoms with Gasteiger partial charge in [-0.05, 0) is 86.3 Å². The van der Waals surface area contributed by atoms with Crippen LogP contribution in [0.2, 0.25) is 0 Å². The molecule has 0 saturated carbocycles. The summed E-state index contributed by atoms with van der Waals surface area (Å²) in [5.41, 5.74) is 10.1. The van der Waals surface area contributed by atoms with Gasteiger partial charge in [0.15, 0.2) is 0 Å². The van der Waals surface area contributed by atoms with Crippen LogP contribution in [0.15, 0.2) is 127 Å². The molecule has 0 bridgehead atoms. The maximum absolute atomic E-state index is 6.30. The van der Waals surface area contributed by atoms with Crippen molar-refractivity contribution in [3.8, 4) is 39.8 Å². The number of benzene rings is 7. The van der Waals surface area contributed by atoms with Crippen LogP contribution in [0, 0.1) is 0 Å². The molecule has 4 heteroatoms. The highest BCUT2D eigenvalue weighted by atomic mass is 16.5. The molecule has 3 heterocycles. The Balaban J connectivity index is 1.27. The van der Waals surface area contributed by atoms with Crippen LogP contribution in [0.3, 0.4) is 0 Å². The molecule has 4 nitrogen and oxygen atoms in total. The van der Waals surface area contributed by atoms with Gasteiger partial charge in [-0.1, -0.05) is 98.8 Å². The normalized spacial score (nSPS) is 14.1.